The average Bonchev–Trinajstić information content (AvgIpc) is 3.59. The number of para-hydroxylation sites is 1. The summed E-state index contributed by atoms with van der Waals surface area (Å²) in [6.07, 6.45) is 2.36. The molecule has 0 radical (unpaired) electrons. The van der Waals surface area contributed by atoms with Gasteiger partial charge in [0.2, 0.25) is 11.8 Å². The van der Waals surface area contributed by atoms with Gasteiger partial charge in [-0.05, 0) is 61.2 Å². The second kappa shape index (κ2) is 13.2. The Bertz CT molecular complexity index is 1580. The van der Waals surface area contributed by atoms with Crippen LogP contribution in [0.1, 0.15) is 68.6 Å². The van der Waals surface area contributed by atoms with Crippen molar-refractivity contribution in [1.29, 1.82) is 0 Å². The van der Waals surface area contributed by atoms with Crippen LogP contribution >= 0.6 is 0 Å². The number of hydrogen-bond acceptors (Lipinski definition) is 6. The van der Waals surface area contributed by atoms with Crippen LogP contribution in [0.15, 0.2) is 36.4 Å². The molecular weight excluding hydrogens is 568 g/mol. The van der Waals surface area contributed by atoms with Crippen molar-refractivity contribution in [2.45, 2.75) is 65.0 Å². The third kappa shape index (κ3) is 6.87. The molecule has 5 rings (SSSR count). The number of aryl methyl sites for hydroxylation is 1. The van der Waals surface area contributed by atoms with Crippen molar-refractivity contribution in [3.8, 4) is 5.75 Å². The zero-order valence-electron chi connectivity index (χ0n) is 27.8. The van der Waals surface area contributed by atoms with Crippen LogP contribution in [0.4, 0.5) is 11.4 Å². The molecular formula is C35H48N6O4. The second-order valence-electron chi connectivity index (χ2n) is 13.4. The predicted molar refractivity (Wildman–Crippen MR) is 179 cm³/mol. The highest BCUT2D eigenvalue weighted by atomic mass is 16.5. The molecule has 45 heavy (non-hydrogen) atoms. The predicted octanol–water partition coefficient (Wildman–Crippen LogP) is 4.82. The fourth-order valence-corrected chi connectivity index (χ4v) is 6.54. The first-order valence-corrected chi connectivity index (χ1v) is 16.0. The molecule has 2 fully saturated rings. The Morgan fingerprint density at radius 2 is 1.64 bits per heavy atom. The third-order valence-electron chi connectivity index (χ3n) is 9.26. The topological polar surface area (TPSA) is 99.1 Å². The number of aromatic nitrogens is 1. The van der Waals surface area contributed by atoms with E-state index in [0.717, 1.165) is 74.1 Å². The zero-order chi connectivity index (χ0) is 32.5. The van der Waals surface area contributed by atoms with Crippen LogP contribution in [0.3, 0.4) is 0 Å². The van der Waals surface area contributed by atoms with E-state index in [-0.39, 0.29) is 29.2 Å². The van der Waals surface area contributed by atoms with E-state index in [1.807, 2.05) is 53.9 Å². The van der Waals surface area contributed by atoms with Crippen LogP contribution in [-0.2, 0) is 28.6 Å². The Labute approximate surface area is 266 Å². The summed E-state index contributed by atoms with van der Waals surface area (Å²) in [5, 5.41) is 7.00. The first-order chi connectivity index (χ1) is 21.4. The Morgan fingerprint density at radius 3 is 2.24 bits per heavy atom. The number of likely N-dealkylation sites (tertiary alicyclic amines) is 1. The smallest absolute Gasteiger partial charge is 0.272 e. The van der Waals surface area contributed by atoms with Gasteiger partial charge in [0.05, 0.1) is 30.0 Å². The average molecular weight is 617 g/mol. The summed E-state index contributed by atoms with van der Waals surface area (Å²) < 4.78 is 7.66. The molecule has 3 heterocycles. The Morgan fingerprint density at radius 1 is 0.956 bits per heavy atom. The maximum Gasteiger partial charge on any atom is 0.272 e. The molecule has 2 aromatic carbocycles. The van der Waals surface area contributed by atoms with Gasteiger partial charge in [-0.2, -0.15) is 0 Å². The number of carbonyl (C=O) groups excluding carboxylic acids is 3. The Hall–Kier alpha value is -3.89. The summed E-state index contributed by atoms with van der Waals surface area (Å²) in [5.41, 5.74) is 4.45. The first-order valence-electron chi connectivity index (χ1n) is 16.0. The van der Waals surface area contributed by atoms with Crippen LogP contribution in [-0.4, -0.2) is 89.9 Å². The quantitative estimate of drug-likeness (QED) is 0.377. The van der Waals surface area contributed by atoms with Gasteiger partial charge in [-0.3, -0.25) is 24.2 Å². The van der Waals surface area contributed by atoms with E-state index in [1.54, 1.807) is 6.92 Å². The van der Waals surface area contributed by atoms with Gasteiger partial charge in [-0.25, -0.2) is 0 Å². The minimum absolute atomic E-state index is 0.0239. The number of piperazine rings is 1. The number of methoxy groups -OCH3 is 1. The number of rotatable bonds is 8. The van der Waals surface area contributed by atoms with Crippen LogP contribution in [0.2, 0.25) is 0 Å². The summed E-state index contributed by atoms with van der Waals surface area (Å²) in [7, 11) is 5.50. The number of fused-ring (bicyclic) bond motifs is 1. The SMILES string of the molecule is CCC(=O)Nc1cc(C(C)(C)C)cc(NC(=O)c2cc3cccc(CN4CCN(C(=O)[C@@H]5CCCN5C)CC4)c3n2C)c1OC. The molecule has 0 unspecified atom stereocenters. The van der Waals surface area contributed by atoms with Crippen LogP contribution in [0.25, 0.3) is 10.9 Å². The normalized spacial score (nSPS) is 17.9. The number of benzene rings is 2. The molecule has 2 N–H and O–H groups in total. The lowest BCUT2D eigenvalue weighted by Crippen LogP contribution is -2.52. The molecule has 1 atom stereocenters. The van der Waals surface area contributed by atoms with Gasteiger partial charge in [-0.1, -0.05) is 45.9 Å². The van der Waals surface area contributed by atoms with Crippen molar-refractivity contribution >= 4 is 40.0 Å². The van der Waals surface area contributed by atoms with E-state index < -0.39 is 0 Å². The second-order valence-corrected chi connectivity index (χ2v) is 13.4. The van der Waals surface area contributed by atoms with Gasteiger partial charge < -0.3 is 24.8 Å². The fraction of sp³-hybridized carbons (Fsp3) is 0.514. The first kappa shape index (κ1) is 32.5. The molecule has 3 amide bonds. The molecule has 0 bridgehead atoms. The van der Waals surface area contributed by atoms with E-state index >= 15 is 0 Å². The molecule has 3 aromatic rings. The summed E-state index contributed by atoms with van der Waals surface area (Å²) >= 11 is 0. The van der Waals surface area contributed by atoms with E-state index in [4.69, 9.17) is 4.74 Å². The molecule has 2 saturated heterocycles. The molecule has 242 valence electrons. The zero-order valence-corrected chi connectivity index (χ0v) is 27.8. The monoisotopic (exact) mass is 616 g/mol. The number of carbonyl (C=O) groups is 3. The molecule has 10 nitrogen and oxygen atoms in total. The van der Waals surface area contributed by atoms with Gasteiger partial charge in [0, 0.05) is 51.6 Å². The lowest BCUT2D eigenvalue weighted by Gasteiger charge is -2.37. The summed E-state index contributed by atoms with van der Waals surface area (Å²) in [6, 6.07) is 12.0. The molecule has 0 spiro atoms. The van der Waals surface area contributed by atoms with Gasteiger partial charge in [0.25, 0.3) is 5.91 Å². The maximum atomic E-state index is 13.8. The number of ether oxygens (including phenoxy) is 1. The van der Waals surface area contributed by atoms with Gasteiger partial charge in [-0.15, -0.1) is 0 Å². The standard InChI is InChI=1S/C35H48N6O4/c1-8-30(42)36-26-20-25(35(2,3)4)21-27(32(26)45-7)37-33(43)29-19-23-11-9-12-24(31(23)39(29)6)22-40-15-17-41(18-16-40)34(44)28-13-10-14-38(28)5/h9,11-12,19-21,28H,8,10,13-18,22H2,1-7H3,(H,36,42)(H,37,43)/t28-/m0/s1. The molecule has 0 saturated carbocycles. The number of amides is 3. The maximum absolute atomic E-state index is 13.8. The lowest BCUT2D eigenvalue weighted by molar-refractivity contribution is -0.137. The molecule has 2 aliphatic heterocycles. The number of nitrogens with one attached hydrogen (secondary N) is 2. The number of anilines is 2. The molecule has 10 heteroatoms. The van der Waals surface area contributed by atoms with E-state index in [0.29, 0.717) is 29.2 Å². The van der Waals surface area contributed by atoms with Crippen LogP contribution in [0.5, 0.6) is 5.75 Å². The molecule has 1 aromatic heterocycles. The number of hydrogen-bond donors (Lipinski definition) is 2. The highest BCUT2D eigenvalue weighted by molar-refractivity contribution is 6.08. The molecule has 0 aliphatic carbocycles. The highest BCUT2D eigenvalue weighted by Gasteiger charge is 2.33. The van der Waals surface area contributed by atoms with Crippen LogP contribution in [0, 0.1) is 0 Å². The summed E-state index contributed by atoms with van der Waals surface area (Å²) in [5.74, 6) is 0.280. The highest BCUT2D eigenvalue weighted by Crippen LogP contribution is 2.39. The van der Waals surface area contributed by atoms with Crippen molar-refractivity contribution in [1.82, 2.24) is 19.3 Å². The minimum Gasteiger partial charge on any atom is -0.492 e. The largest absolute Gasteiger partial charge is 0.492 e. The van der Waals surface area contributed by atoms with Crippen molar-refractivity contribution in [3.05, 3.63) is 53.2 Å². The number of likely N-dealkylation sites (N-methyl/N-ethyl adjacent to an activating group) is 1. The van der Waals surface area contributed by atoms with Crippen molar-refractivity contribution in [3.63, 3.8) is 0 Å². The van der Waals surface area contributed by atoms with Gasteiger partial charge in [0.15, 0.2) is 5.75 Å². The van der Waals surface area contributed by atoms with E-state index in [9.17, 15) is 14.4 Å². The van der Waals surface area contributed by atoms with Gasteiger partial charge in [0.1, 0.15) is 5.69 Å². The minimum atomic E-state index is -0.263. The molecule has 2 aliphatic rings. The van der Waals surface area contributed by atoms with Crippen molar-refractivity contribution < 1.29 is 19.1 Å². The van der Waals surface area contributed by atoms with Crippen LogP contribution < -0.4 is 15.4 Å². The lowest BCUT2D eigenvalue weighted by atomic mass is 9.86. The van der Waals surface area contributed by atoms with Crippen molar-refractivity contribution in [2.24, 2.45) is 7.05 Å². The third-order valence-corrected chi connectivity index (χ3v) is 9.26. The Balaban J connectivity index is 1.35. The fourth-order valence-electron chi connectivity index (χ4n) is 6.54. The summed E-state index contributed by atoms with van der Waals surface area (Å²) in [6.45, 7) is 12.9. The summed E-state index contributed by atoms with van der Waals surface area (Å²) in [4.78, 5) is 45.8. The van der Waals surface area contributed by atoms with Gasteiger partial charge >= 0.3 is 0 Å². The van der Waals surface area contributed by atoms with E-state index in [1.165, 1.54) is 7.11 Å². The van der Waals surface area contributed by atoms with E-state index in [2.05, 4.69) is 47.3 Å². The Kier molecular flexibility index (Phi) is 9.55. The van der Waals surface area contributed by atoms with Crippen molar-refractivity contribution in [2.75, 3.05) is 57.5 Å². The number of nitrogens with zero attached hydrogens (tertiary/aromatic N) is 4.